The van der Waals surface area contributed by atoms with Crippen LogP contribution in [0.2, 0.25) is 0 Å². The summed E-state index contributed by atoms with van der Waals surface area (Å²) in [5.41, 5.74) is 5.32. The molecule has 4 rings (SSSR count). The van der Waals surface area contributed by atoms with E-state index in [1.165, 1.54) is 22.2 Å². The van der Waals surface area contributed by atoms with Crippen molar-refractivity contribution in [1.29, 1.82) is 0 Å². The van der Waals surface area contributed by atoms with Gasteiger partial charge in [0.05, 0.1) is 0 Å². The first-order valence-corrected chi connectivity index (χ1v) is 9.01. The van der Waals surface area contributed by atoms with Gasteiger partial charge in [0.25, 0.3) is 0 Å². The molecule has 0 aliphatic heterocycles. The fourth-order valence-electron chi connectivity index (χ4n) is 3.05. The normalized spacial score (nSPS) is 10.0. The van der Waals surface area contributed by atoms with Gasteiger partial charge in [-0.05, 0) is 16.7 Å². The fraction of sp³-hybridized carbons (Fsp3) is 0.0400. The quantitative estimate of drug-likeness (QED) is 0.372. The highest BCUT2D eigenvalue weighted by Crippen LogP contribution is 2.31. The average Bonchev–Trinajstić information content (AvgIpc) is 2.72. The first-order valence-electron chi connectivity index (χ1n) is 9.01. The molecule has 0 radical (unpaired) electrons. The van der Waals surface area contributed by atoms with E-state index in [9.17, 15) is 0 Å². The van der Waals surface area contributed by atoms with Crippen LogP contribution < -0.4 is 5.46 Å². The van der Waals surface area contributed by atoms with E-state index in [0.717, 1.165) is 0 Å². The van der Waals surface area contributed by atoms with Crippen molar-refractivity contribution < 1.29 is 0 Å². The van der Waals surface area contributed by atoms with Crippen molar-refractivity contribution in [2.75, 3.05) is 0 Å². The second kappa shape index (κ2) is 9.43. The van der Waals surface area contributed by atoms with Crippen LogP contribution in [0.1, 0.15) is 22.6 Å². The van der Waals surface area contributed by atoms with E-state index in [1.54, 1.807) is 0 Å². The fourth-order valence-corrected chi connectivity index (χ4v) is 3.05. The molecule has 0 aliphatic carbocycles. The van der Waals surface area contributed by atoms with Crippen LogP contribution >= 0.6 is 0 Å². The highest BCUT2D eigenvalue weighted by atomic mass is 14.2. The molecule has 4 aromatic carbocycles. The SMILES string of the molecule is Bc1ccccc1.c1ccc(C(c2ccccc2)c2ccccc2)cc1. The zero-order valence-corrected chi connectivity index (χ0v) is 15.1. The first kappa shape index (κ1) is 17.8. The summed E-state index contributed by atoms with van der Waals surface area (Å²) < 4.78 is 0. The van der Waals surface area contributed by atoms with Crippen molar-refractivity contribution in [2.24, 2.45) is 0 Å². The Morgan fingerprint density at radius 2 is 0.654 bits per heavy atom. The second-order valence-corrected chi connectivity index (χ2v) is 6.32. The second-order valence-electron chi connectivity index (χ2n) is 6.32. The standard InChI is InChI=1S/C19H16.C6H7B/c1-4-10-16(11-5-1)19(17-12-6-2-7-13-17)18-14-8-3-9-15-18;7-6-4-2-1-3-5-6/h1-15,19H;1-5H,7H2. The molecule has 0 amide bonds. The molecule has 0 saturated heterocycles. The van der Waals surface area contributed by atoms with E-state index < -0.39 is 0 Å². The van der Waals surface area contributed by atoms with Gasteiger partial charge >= 0.3 is 0 Å². The molecule has 0 N–H and O–H groups in total. The Kier molecular flexibility index (Phi) is 6.44. The van der Waals surface area contributed by atoms with E-state index in [4.69, 9.17) is 0 Å². The van der Waals surface area contributed by atoms with Crippen LogP contribution in [0, 0.1) is 0 Å². The molecule has 0 spiro atoms. The summed E-state index contributed by atoms with van der Waals surface area (Å²) in [6.45, 7) is 0. The minimum atomic E-state index is 0.309. The third kappa shape index (κ3) is 4.97. The summed E-state index contributed by atoms with van der Waals surface area (Å²) in [7, 11) is 2.08. The summed E-state index contributed by atoms with van der Waals surface area (Å²) in [5.74, 6) is 0.309. The Morgan fingerprint density at radius 3 is 0.885 bits per heavy atom. The summed E-state index contributed by atoms with van der Waals surface area (Å²) in [4.78, 5) is 0. The predicted molar refractivity (Wildman–Crippen MR) is 115 cm³/mol. The molecule has 0 aliphatic rings. The molecular formula is C25H23B. The molecule has 0 unspecified atom stereocenters. The number of benzene rings is 4. The molecule has 26 heavy (non-hydrogen) atoms. The van der Waals surface area contributed by atoms with Crippen molar-refractivity contribution >= 4 is 13.3 Å². The van der Waals surface area contributed by atoms with Crippen molar-refractivity contribution in [2.45, 2.75) is 5.92 Å². The molecule has 4 aromatic rings. The molecule has 0 bridgehead atoms. The summed E-state index contributed by atoms with van der Waals surface area (Å²) >= 11 is 0. The van der Waals surface area contributed by atoms with Gasteiger partial charge < -0.3 is 0 Å². The van der Waals surface area contributed by atoms with Gasteiger partial charge in [0, 0.05) is 5.92 Å². The maximum absolute atomic E-state index is 2.20. The molecule has 0 fully saturated rings. The van der Waals surface area contributed by atoms with Crippen LogP contribution in [-0.2, 0) is 0 Å². The van der Waals surface area contributed by atoms with Crippen LogP contribution in [0.3, 0.4) is 0 Å². The van der Waals surface area contributed by atoms with Crippen molar-refractivity contribution in [3.8, 4) is 0 Å². The molecular weight excluding hydrogens is 311 g/mol. The number of hydrogen-bond donors (Lipinski definition) is 0. The Labute approximate surface area is 157 Å². The van der Waals surface area contributed by atoms with Gasteiger partial charge in [-0.2, -0.15) is 0 Å². The highest BCUT2D eigenvalue weighted by Gasteiger charge is 2.15. The van der Waals surface area contributed by atoms with E-state index in [0.29, 0.717) is 5.92 Å². The molecule has 0 aromatic heterocycles. The van der Waals surface area contributed by atoms with Crippen LogP contribution in [-0.4, -0.2) is 7.85 Å². The minimum Gasteiger partial charge on any atom is -0.0890 e. The third-order valence-corrected chi connectivity index (χ3v) is 4.34. The summed E-state index contributed by atoms with van der Waals surface area (Å²) in [6, 6.07) is 42.3. The number of hydrogen-bond acceptors (Lipinski definition) is 0. The van der Waals surface area contributed by atoms with Crippen molar-refractivity contribution in [3.05, 3.63) is 138 Å². The lowest BCUT2D eigenvalue weighted by Gasteiger charge is -2.18. The maximum Gasteiger partial charge on any atom is 0.139 e. The summed E-state index contributed by atoms with van der Waals surface area (Å²) in [5, 5.41) is 0. The van der Waals surface area contributed by atoms with Gasteiger partial charge in [-0.15, -0.1) is 0 Å². The Morgan fingerprint density at radius 1 is 0.385 bits per heavy atom. The topological polar surface area (TPSA) is 0 Å². The largest absolute Gasteiger partial charge is 0.139 e. The van der Waals surface area contributed by atoms with E-state index in [2.05, 4.69) is 111 Å². The van der Waals surface area contributed by atoms with E-state index >= 15 is 0 Å². The van der Waals surface area contributed by atoms with Gasteiger partial charge in [0.15, 0.2) is 0 Å². The minimum absolute atomic E-state index is 0.309. The molecule has 1 heteroatoms. The number of rotatable bonds is 3. The van der Waals surface area contributed by atoms with Gasteiger partial charge in [0.2, 0.25) is 0 Å². The lowest BCUT2D eigenvalue weighted by Crippen LogP contribution is -2.02. The zero-order valence-electron chi connectivity index (χ0n) is 15.1. The third-order valence-electron chi connectivity index (χ3n) is 4.34. The van der Waals surface area contributed by atoms with Crippen LogP contribution in [0.15, 0.2) is 121 Å². The molecule has 0 saturated carbocycles. The van der Waals surface area contributed by atoms with E-state index in [-0.39, 0.29) is 0 Å². The molecule has 0 nitrogen and oxygen atoms in total. The van der Waals surface area contributed by atoms with Crippen LogP contribution in [0.25, 0.3) is 0 Å². The Balaban J connectivity index is 0.000000236. The smallest absolute Gasteiger partial charge is 0.0890 e. The average molecular weight is 334 g/mol. The molecule has 126 valence electrons. The Hall–Kier alpha value is -3.06. The zero-order chi connectivity index (χ0) is 18.0. The monoisotopic (exact) mass is 334 g/mol. The first-order chi connectivity index (χ1) is 12.8. The van der Waals surface area contributed by atoms with Crippen LogP contribution in [0.4, 0.5) is 0 Å². The van der Waals surface area contributed by atoms with Crippen molar-refractivity contribution in [1.82, 2.24) is 0 Å². The lowest BCUT2D eigenvalue weighted by molar-refractivity contribution is 0.977. The maximum atomic E-state index is 2.20. The van der Waals surface area contributed by atoms with E-state index in [1.807, 2.05) is 18.2 Å². The molecule has 0 atom stereocenters. The van der Waals surface area contributed by atoms with Gasteiger partial charge in [0.1, 0.15) is 7.85 Å². The molecule has 0 heterocycles. The summed E-state index contributed by atoms with van der Waals surface area (Å²) in [6.07, 6.45) is 0. The Bertz CT molecular complexity index is 778. The lowest BCUT2D eigenvalue weighted by atomic mass is 9.85. The predicted octanol–water partition coefficient (Wildman–Crippen LogP) is 4.81. The van der Waals surface area contributed by atoms with Crippen LogP contribution in [0.5, 0.6) is 0 Å². The highest BCUT2D eigenvalue weighted by molar-refractivity contribution is 6.32. The van der Waals surface area contributed by atoms with Crippen molar-refractivity contribution in [3.63, 3.8) is 0 Å². The van der Waals surface area contributed by atoms with Gasteiger partial charge in [-0.3, -0.25) is 0 Å². The van der Waals surface area contributed by atoms with Gasteiger partial charge in [-0.1, -0.05) is 127 Å². The van der Waals surface area contributed by atoms with Gasteiger partial charge in [-0.25, -0.2) is 0 Å².